The number of nitrogens with one attached hydrogen (secondary N) is 1. The van der Waals surface area contributed by atoms with Gasteiger partial charge in [0.25, 0.3) is 0 Å². The molecule has 1 heterocycles. The van der Waals surface area contributed by atoms with Gasteiger partial charge < -0.3 is 9.73 Å². The third-order valence-corrected chi connectivity index (χ3v) is 3.23. The lowest BCUT2D eigenvalue weighted by atomic mass is 9.94. The molecule has 1 aromatic rings. The Hall–Kier alpha value is -0.760. The van der Waals surface area contributed by atoms with Gasteiger partial charge in [-0.3, -0.25) is 0 Å². The Morgan fingerprint density at radius 2 is 2.21 bits per heavy atom. The molecule has 1 fully saturated rings. The van der Waals surface area contributed by atoms with Crippen LogP contribution in [-0.4, -0.2) is 6.04 Å². The summed E-state index contributed by atoms with van der Waals surface area (Å²) in [5, 5.41) is 3.67. The molecule has 0 aliphatic heterocycles. The largest absolute Gasteiger partial charge is 0.464 e. The molecule has 76 valence electrons. The van der Waals surface area contributed by atoms with Crippen LogP contribution in [0.15, 0.2) is 10.5 Å². The lowest BCUT2D eigenvalue weighted by Crippen LogP contribution is -2.26. The summed E-state index contributed by atoms with van der Waals surface area (Å²) in [5.41, 5.74) is 1.44. The van der Waals surface area contributed by atoms with Crippen LogP contribution in [0.2, 0.25) is 0 Å². The van der Waals surface area contributed by atoms with Gasteiger partial charge in [0, 0.05) is 6.04 Å². The Balaban J connectivity index is 1.85. The van der Waals surface area contributed by atoms with Crippen molar-refractivity contribution in [2.24, 2.45) is 0 Å². The van der Waals surface area contributed by atoms with Crippen LogP contribution >= 0.6 is 0 Å². The summed E-state index contributed by atoms with van der Waals surface area (Å²) < 4.78 is 5.78. The first kappa shape index (κ1) is 8.54. The van der Waals surface area contributed by atoms with E-state index in [0.29, 0.717) is 6.04 Å². The van der Waals surface area contributed by atoms with E-state index >= 15 is 0 Å². The van der Waals surface area contributed by atoms with Crippen molar-refractivity contribution in [1.29, 1.82) is 0 Å². The summed E-state index contributed by atoms with van der Waals surface area (Å²) in [6, 6.07) is 3.48. The maximum atomic E-state index is 5.78. The highest BCUT2D eigenvalue weighted by atomic mass is 16.3. The van der Waals surface area contributed by atoms with E-state index in [9.17, 15) is 0 Å². The minimum Gasteiger partial charge on any atom is -0.464 e. The van der Waals surface area contributed by atoms with E-state index in [1.807, 2.05) is 6.92 Å². The predicted molar refractivity (Wildman–Crippen MR) is 55.3 cm³/mol. The van der Waals surface area contributed by atoms with Gasteiger partial charge in [-0.25, -0.2) is 0 Å². The normalized spacial score (nSPS) is 26.2. The van der Waals surface area contributed by atoms with Crippen molar-refractivity contribution in [2.75, 3.05) is 0 Å². The Kier molecular flexibility index (Phi) is 1.91. The molecule has 1 N–H and O–H groups in total. The summed E-state index contributed by atoms with van der Waals surface area (Å²) in [4.78, 5) is 0. The Labute approximate surface area is 84.7 Å². The molecule has 1 unspecified atom stereocenters. The molecule has 0 amide bonds. The quantitative estimate of drug-likeness (QED) is 0.777. The highest BCUT2D eigenvalue weighted by Crippen LogP contribution is 2.34. The van der Waals surface area contributed by atoms with Crippen LogP contribution in [0, 0.1) is 6.92 Å². The summed E-state index contributed by atoms with van der Waals surface area (Å²) in [6.45, 7) is 2.05. The van der Waals surface area contributed by atoms with Gasteiger partial charge in [0.05, 0.1) is 6.04 Å². The number of hydrogen-bond acceptors (Lipinski definition) is 2. The minimum atomic E-state index is 0.500. The fourth-order valence-corrected chi connectivity index (χ4v) is 2.40. The first-order chi connectivity index (χ1) is 6.83. The number of fused-ring (bicyclic) bond motifs is 1. The summed E-state index contributed by atoms with van der Waals surface area (Å²) in [7, 11) is 0. The standard InChI is InChI=1S/C12H17NO/c1-8-7-9-3-2-4-11(12(9)14-8)13-10-5-6-10/h7,10-11,13H,2-6H2,1H3. The average Bonchev–Trinajstić information content (AvgIpc) is 2.87. The summed E-state index contributed by atoms with van der Waals surface area (Å²) in [5.74, 6) is 2.29. The van der Waals surface area contributed by atoms with Crippen molar-refractivity contribution in [3.63, 3.8) is 0 Å². The fraction of sp³-hybridized carbons (Fsp3) is 0.667. The predicted octanol–water partition coefficient (Wildman–Crippen LogP) is 2.72. The second-order valence-corrected chi connectivity index (χ2v) is 4.63. The van der Waals surface area contributed by atoms with Crippen LogP contribution in [-0.2, 0) is 6.42 Å². The third-order valence-electron chi connectivity index (χ3n) is 3.23. The molecule has 0 bridgehead atoms. The van der Waals surface area contributed by atoms with Crippen LogP contribution in [0.4, 0.5) is 0 Å². The lowest BCUT2D eigenvalue weighted by Gasteiger charge is -2.21. The van der Waals surface area contributed by atoms with Gasteiger partial charge in [-0.15, -0.1) is 0 Å². The van der Waals surface area contributed by atoms with Crippen molar-refractivity contribution < 1.29 is 4.42 Å². The molecule has 1 aromatic heterocycles. The van der Waals surface area contributed by atoms with Gasteiger partial charge in [0.15, 0.2) is 0 Å². The van der Waals surface area contributed by atoms with Crippen LogP contribution < -0.4 is 5.32 Å². The second kappa shape index (κ2) is 3.13. The van der Waals surface area contributed by atoms with Crippen molar-refractivity contribution in [3.8, 4) is 0 Å². The maximum absolute atomic E-state index is 5.78. The first-order valence-electron chi connectivity index (χ1n) is 5.68. The topological polar surface area (TPSA) is 25.2 Å². The van der Waals surface area contributed by atoms with Crippen molar-refractivity contribution in [2.45, 2.75) is 51.1 Å². The summed E-state index contributed by atoms with van der Waals surface area (Å²) in [6.07, 6.45) is 6.46. The lowest BCUT2D eigenvalue weighted by molar-refractivity contribution is 0.358. The van der Waals surface area contributed by atoms with Gasteiger partial charge in [0.2, 0.25) is 0 Å². The number of furan rings is 1. The molecule has 0 saturated heterocycles. The molecule has 2 heteroatoms. The molecule has 0 spiro atoms. The van der Waals surface area contributed by atoms with Crippen molar-refractivity contribution >= 4 is 0 Å². The van der Waals surface area contributed by atoms with Gasteiger partial charge >= 0.3 is 0 Å². The molecule has 0 aromatic carbocycles. The second-order valence-electron chi connectivity index (χ2n) is 4.63. The van der Waals surface area contributed by atoms with Gasteiger partial charge in [0.1, 0.15) is 11.5 Å². The molecule has 1 atom stereocenters. The molecule has 3 rings (SSSR count). The van der Waals surface area contributed by atoms with Crippen LogP contribution in [0.1, 0.15) is 48.8 Å². The van der Waals surface area contributed by atoms with Crippen molar-refractivity contribution in [3.05, 3.63) is 23.2 Å². The monoisotopic (exact) mass is 191 g/mol. The Morgan fingerprint density at radius 3 is 3.00 bits per heavy atom. The molecule has 0 radical (unpaired) electrons. The zero-order valence-electron chi connectivity index (χ0n) is 8.68. The van der Waals surface area contributed by atoms with Crippen LogP contribution in [0.3, 0.4) is 0 Å². The van der Waals surface area contributed by atoms with E-state index in [1.165, 1.54) is 43.4 Å². The molecule has 2 aliphatic rings. The van der Waals surface area contributed by atoms with E-state index in [-0.39, 0.29) is 0 Å². The van der Waals surface area contributed by atoms with Crippen molar-refractivity contribution in [1.82, 2.24) is 5.32 Å². The van der Waals surface area contributed by atoms with Crippen LogP contribution in [0.25, 0.3) is 0 Å². The Morgan fingerprint density at radius 1 is 1.36 bits per heavy atom. The molecular formula is C12H17NO. The van der Waals surface area contributed by atoms with Gasteiger partial charge in [-0.1, -0.05) is 0 Å². The SMILES string of the molecule is Cc1cc2c(o1)C(NC1CC1)CCC2. The molecule has 2 nitrogen and oxygen atoms in total. The minimum absolute atomic E-state index is 0.500. The highest BCUT2D eigenvalue weighted by Gasteiger charge is 2.30. The zero-order valence-corrected chi connectivity index (χ0v) is 8.68. The summed E-state index contributed by atoms with van der Waals surface area (Å²) >= 11 is 0. The zero-order chi connectivity index (χ0) is 9.54. The molecular weight excluding hydrogens is 174 g/mol. The van der Waals surface area contributed by atoms with E-state index in [4.69, 9.17) is 4.42 Å². The number of aryl methyl sites for hydroxylation is 2. The number of rotatable bonds is 2. The first-order valence-corrected chi connectivity index (χ1v) is 5.68. The number of hydrogen-bond donors (Lipinski definition) is 1. The fourth-order valence-electron chi connectivity index (χ4n) is 2.40. The maximum Gasteiger partial charge on any atom is 0.124 e. The Bertz CT molecular complexity index is 338. The average molecular weight is 191 g/mol. The van der Waals surface area contributed by atoms with E-state index in [0.717, 1.165) is 11.8 Å². The third kappa shape index (κ3) is 1.48. The highest BCUT2D eigenvalue weighted by molar-refractivity contribution is 5.26. The molecule has 2 aliphatic carbocycles. The molecule has 14 heavy (non-hydrogen) atoms. The smallest absolute Gasteiger partial charge is 0.124 e. The molecule has 1 saturated carbocycles. The van der Waals surface area contributed by atoms with Gasteiger partial charge in [-0.2, -0.15) is 0 Å². The van der Waals surface area contributed by atoms with E-state index in [1.54, 1.807) is 0 Å². The van der Waals surface area contributed by atoms with E-state index < -0.39 is 0 Å². The van der Waals surface area contributed by atoms with Gasteiger partial charge in [-0.05, 0) is 50.7 Å². The van der Waals surface area contributed by atoms with Crippen LogP contribution in [0.5, 0.6) is 0 Å². The van der Waals surface area contributed by atoms with E-state index in [2.05, 4.69) is 11.4 Å².